The summed E-state index contributed by atoms with van der Waals surface area (Å²) in [4.78, 5) is 0. The minimum atomic E-state index is -1.07. The molecule has 3 heteroatoms. The zero-order valence-corrected chi connectivity index (χ0v) is 6.45. The van der Waals surface area contributed by atoms with Crippen LogP contribution in [-0.4, -0.2) is 28.0 Å². The van der Waals surface area contributed by atoms with Crippen LogP contribution in [0.4, 0.5) is 0 Å². The third-order valence-electron chi connectivity index (χ3n) is 2.06. The SMILES string of the molecule is OCC(O)C(O)=C1CCCC1. The number of hydrogen-bond acceptors (Lipinski definition) is 3. The highest BCUT2D eigenvalue weighted by atomic mass is 16.3. The standard InChI is InChI=1S/C8H14O3/c9-5-7(10)8(11)6-3-1-2-4-6/h7,9-11H,1-5H2. The van der Waals surface area contributed by atoms with Crippen LogP contribution in [0.15, 0.2) is 11.3 Å². The Morgan fingerprint density at radius 2 is 1.91 bits per heavy atom. The van der Waals surface area contributed by atoms with Gasteiger partial charge in [0.05, 0.1) is 6.61 Å². The molecule has 0 aromatic carbocycles. The van der Waals surface area contributed by atoms with Gasteiger partial charge in [-0.2, -0.15) is 0 Å². The van der Waals surface area contributed by atoms with Crippen molar-refractivity contribution in [2.45, 2.75) is 31.8 Å². The van der Waals surface area contributed by atoms with Crippen molar-refractivity contribution >= 4 is 0 Å². The van der Waals surface area contributed by atoms with Gasteiger partial charge in [-0.3, -0.25) is 0 Å². The summed E-state index contributed by atoms with van der Waals surface area (Å²) < 4.78 is 0. The van der Waals surface area contributed by atoms with Crippen molar-refractivity contribution in [3.63, 3.8) is 0 Å². The maximum atomic E-state index is 9.29. The first kappa shape index (κ1) is 8.56. The van der Waals surface area contributed by atoms with Crippen LogP contribution in [-0.2, 0) is 0 Å². The Morgan fingerprint density at radius 3 is 2.36 bits per heavy atom. The van der Waals surface area contributed by atoms with E-state index in [0.717, 1.165) is 31.3 Å². The number of aliphatic hydroxyl groups is 3. The Morgan fingerprint density at radius 1 is 1.36 bits per heavy atom. The molecule has 11 heavy (non-hydrogen) atoms. The number of hydrogen-bond donors (Lipinski definition) is 3. The average molecular weight is 158 g/mol. The highest BCUT2D eigenvalue weighted by molar-refractivity contribution is 5.14. The molecule has 1 saturated carbocycles. The molecular formula is C8H14O3. The molecule has 0 aliphatic heterocycles. The molecule has 0 amide bonds. The smallest absolute Gasteiger partial charge is 0.134 e. The largest absolute Gasteiger partial charge is 0.510 e. The molecule has 1 fully saturated rings. The van der Waals surface area contributed by atoms with Gasteiger partial charge in [0.2, 0.25) is 0 Å². The molecule has 0 aromatic rings. The van der Waals surface area contributed by atoms with E-state index in [0.29, 0.717) is 0 Å². The third-order valence-corrected chi connectivity index (χ3v) is 2.06. The molecule has 0 spiro atoms. The Labute approximate surface area is 66.0 Å². The van der Waals surface area contributed by atoms with Gasteiger partial charge in [-0.15, -0.1) is 0 Å². The summed E-state index contributed by atoms with van der Waals surface area (Å²) in [6, 6.07) is 0. The molecule has 1 rings (SSSR count). The fourth-order valence-corrected chi connectivity index (χ4v) is 1.38. The van der Waals surface area contributed by atoms with Gasteiger partial charge in [-0.25, -0.2) is 0 Å². The predicted octanol–water partition coefficient (Wildman–Crippen LogP) is 0.726. The molecule has 3 N–H and O–H groups in total. The maximum absolute atomic E-state index is 9.29. The van der Waals surface area contributed by atoms with E-state index in [1.807, 2.05) is 0 Å². The molecule has 0 aromatic heterocycles. The van der Waals surface area contributed by atoms with E-state index < -0.39 is 12.7 Å². The van der Waals surface area contributed by atoms with E-state index >= 15 is 0 Å². The van der Waals surface area contributed by atoms with Gasteiger partial charge >= 0.3 is 0 Å². The van der Waals surface area contributed by atoms with Crippen molar-refractivity contribution in [1.82, 2.24) is 0 Å². The second kappa shape index (κ2) is 3.74. The van der Waals surface area contributed by atoms with Crippen LogP contribution in [0.5, 0.6) is 0 Å². The second-order valence-electron chi connectivity index (χ2n) is 2.89. The Bertz CT molecular complexity index is 155. The van der Waals surface area contributed by atoms with Gasteiger partial charge in [0.15, 0.2) is 0 Å². The van der Waals surface area contributed by atoms with Crippen LogP contribution < -0.4 is 0 Å². The molecule has 1 aliphatic rings. The first-order valence-corrected chi connectivity index (χ1v) is 3.95. The van der Waals surface area contributed by atoms with Crippen molar-refractivity contribution in [2.75, 3.05) is 6.61 Å². The summed E-state index contributed by atoms with van der Waals surface area (Å²) in [6.07, 6.45) is 2.82. The predicted molar refractivity (Wildman–Crippen MR) is 41.2 cm³/mol. The molecule has 3 nitrogen and oxygen atoms in total. The van der Waals surface area contributed by atoms with Crippen LogP contribution in [0, 0.1) is 0 Å². The summed E-state index contributed by atoms with van der Waals surface area (Å²) in [5.41, 5.74) is 0.909. The van der Waals surface area contributed by atoms with E-state index in [1.165, 1.54) is 0 Å². The Hall–Kier alpha value is -0.540. The molecule has 64 valence electrons. The topological polar surface area (TPSA) is 60.7 Å². The number of rotatable bonds is 2. The number of allylic oxidation sites excluding steroid dienone is 1. The molecule has 1 aliphatic carbocycles. The molecule has 0 heterocycles. The Kier molecular flexibility index (Phi) is 2.91. The Balaban J connectivity index is 2.61. The normalized spacial score (nSPS) is 20.4. The van der Waals surface area contributed by atoms with Crippen LogP contribution in [0.1, 0.15) is 25.7 Å². The van der Waals surface area contributed by atoms with Gasteiger partial charge in [0.25, 0.3) is 0 Å². The zero-order chi connectivity index (χ0) is 8.27. The van der Waals surface area contributed by atoms with Gasteiger partial charge in [0, 0.05) is 0 Å². The van der Waals surface area contributed by atoms with Gasteiger partial charge < -0.3 is 15.3 Å². The van der Waals surface area contributed by atoms with Crippen molar-refractivity contribution < 1.29 is 15.3 Å². The first-order valence-electron chi connectivity index (χ1n) is 3.95. The van der Waals surface area contributed by atoms with Crippen LogP contribution in [0.25, 0.3) is 0 Å². The summed E-state index contributed by atoms with van der Waals surface area (Å²) >= 11 is 0. The van der Waals surface area contributed by atoms with Gasteiger partial charge in [-0.1, -0.05) is 0 Å². The highest BCUT2D eigenvalue weighted by Crippen LogP contribution is 2.26. The minimum absolute atomic E-state index is 0.00926. The lowest BCUT2D eigenvalue weighted by molar-refractivity contribution is 0.0851. The molecule has 0 bridgehead atoms. The summed E-state index contributed by atoms with van der Waals surface area (Å²) in [5, 5.41) is 26.8. The van der Waals surface area contributed by atoms with Crippen molar-refractivity contribution in [2.24, 2.45) is 0 Å². The van der Waals surface area contributed by atoms with Crippen LogP contribution >= 0.6 is 0 Å². The van der Waals surface area contributed by atoms with E-state index in [-0.39, 0.29) is 5.76 Å². The fraction of sp³-hybridized carbons (Fsp3) is 0.750. The van der Waals surface area contributed by atoms with Gasteiger partial charge in [-0.05, 0) is 31.3 Å². The summed E-state index contributed by atoms with van der Waals surface area (Å²) in [6.45, 7) is -0.394. The van der Waals surface area contributed by atoms with Gasteiger partial charge in [0.1, 0.15) is 11.9 Å². The molecule has 1 unspecified atom stereocenters. The highest BCUT2D eigenvalue weighted by Gasteiger charge is 2.16. The summed E-state index contributed by atoms with van der Waals surface area (Å²) in [5.74, 6) is -0.00926. The lowest BCUT2D eigenvalue weighted by Gasteiger charge is -2.08. The van der Waals surface area contributed by atoms with E-state index in [2.05, 4.69) is 0 Å². The van der Waals surface area contributed by atoms with E-state index in [9.17, 15) is 5.11 Å². The van der Waals surface area contributed by atoms with E-state index in [4.69, 9.17) is 10.2 Å². The molecule has 0 saturated heterocycles. The molecular weight excluding hydrogens is 144 g/mol. The molecule has 0 radical (unpaired) electrons. The first-order chi connectivity index (χ1) is 5.25. The third kappa shape index (κ3) is 1.94. The number of aliphatic hydroxyl groups excluding tert-OH is 3. The minimum Gasteiger partial charge on any atom is -0.510 e. The second-order valence-corrected chi connectivity index (χ2v) is 2.89. The molecule has 1 atom stereocenters. The quantitative estimate of drug-likeness (QED) is 0.519. The van der Waals surface area contributed by atoms with Crippen molar-refractivity contribution in [3.05, 3.63) is 11.3 Å². The van der Waals surface area contributed by atoms with Crippen LogP contribution in [0.2, 0.25) is 0 Å². The van der Waals surface area contributed by atoms with E-state index in [1.54, 1.807) is 0 Å². The summed E-state index contributed by atoms with van der Waals surface area (Å²) in [7, 11) is 0. The van der Waals surface area contributed by atoms with Crippen LogP contribution in [0.3, 0.4) is 0 Å². The lowest BCUT2D eigenvalue weighted by atomic mass is 10.1. The maximum Gasteiger partial charge on any atom is 0.134 e. The van der Waals surface area contributed by atoms with Crippen molar-refractivity contribution in [3.8, 4) is 0 Å². The zero-order valence-electron chi connectivity index (χ0n) is 6.45. The monoisotopic (exact) mass is 158 g/mol. The fourth-order valence-electron chi connectivity index (χ4n) is 1.38. The average Bonchev–Trinajstić information content (AvgIpc) is 2.53. The van der Waals surface area contributed by atoms with Crippen molar-refractivity contribution in [1.29, 1.82) is 0 Å². The lowest BCUT2D eigenvalue weighted by Crippen LogP contribution is -2.16.